The molecule has 0 aliphatic carbocycles. The van der Waals surface area contributed by atoms with Crippen LogP contribution in [0.1, 0.15) is 51.0 Å². The van der Waals surface area contributed by atoms with Gasteiger partial charge in [-0.3, -0.25) is 14.4 Å². The molecule has 0 spiro atoms. The molecular weight excluding hydrogens is 356 g/mol. The molecule has 1 atom stereocenters. The van der Waals surface area contributed by atoms with Crippen molar-refractivity contribution in [3.8, 4) is 0 Å². The van der Waals surface area contributed by atoms with Crippen molar-refractivity contribution < 1.29 is 19.5 Å². The highest BCUT2D eigenvalue weighted by Crippen LogP contribution is 2.36. The quantitative estimate of drug-likeness (QED) is 0.844. The molecule has 2 aliphatic heterocycles. The maximum atomic E-state index is 13.0. The number of amides is 2. The molecule has 1 aromatic rings. The summed E-state index contributed by atoms with van der Waals surface area (Å²) in [6, 6.07) is 9.34. The summed E-state index contributed by atoms with van der Waals surface area (Å²) in [6.07, 6.45) is 3.84. The maximum Gasteiger partial charge on any atom is 0.314 e. The van der Waals surface area contributed by atoms with Crippen molar-refractivity contribution in [2.24, 2.45) is 5.92 Å². The van der Waals surface area contributed by atoms with Crippen molar-refractivity contribution in [1.82, 2.24) is 9.80 Å². The smallest absolute Gasteiger partial charge is 0.314 e. The van der Waals surface area contributed by atoms with E-state index in [4.69, 9.17) is 0 Å². The lowest BCUT2D eigenvalue weighted by Gasteiger charge is -2.41. The number of piperidine rings is 2. The Labute approximate surface area is 166 Å². The van der Waals surface area contributed by atoms with E-state index in [0.29, 0.717) is 38.9 Å². The molecule has 6 nitrogen and oxygen atoms in total. The van der Waals surface area contributed by atoms with Crippen LogP contribution in [0.25, 0.3) is 0 Å². The van der Waals surface area contributed by atoms with E-state index in [2.05, 4.69) is 0 Å². The van der Waals surface area contributed by atoms with Crippen LogP contribution in [0.15, 0.2) is 30.3 Å². The minimum atomic E-state index is -0.923. The van der Waals surface area contributed by atoms with Gasteiger partial charge in [0.05, 0.1) is 11.3 Å². The Hall–Kier alpha value is -2.37. The molecule has 2 heterocycles. The molecule has 1 aromatic carbocycles. The van der Waals surface area contributed by atoms with Crippen LogP contribution >= 0.6 is 0 Å². The van der Waals surface area contributed by atoms with Gasteiger partial charge in [0.1, 0.15) is 0 Å². The van der Waals surface area contributed by atoms with E-state index in [1.54, 1.807) is 0 Å². The van der Waals surface area contributed by atoms with E-state index >= 15 is 0 Å². The first kappa shape index (κ1) is 20.4. The molecule has 1 unspecified atom stereocenters. The molecule has 152 valence electrons. The standard InChI is InChI=1S/C22H30N2O4/c1-2-7-19(25)24-13-6-8-17(16-24)20(26)23-14-11-22(12-15-23,21(27)28)18-9-4-3-5-10-18/h3-5,9-10,17H,2,6-8,11-16H2,1H3,(H,27,28). The van der Waals surface area contributed by atoms with Crippen molar-refractivity contribution in [3.05, 3.63) is 35.9 Å². The Morgan fingerprint density at radius 2 is 1.75 bits per heavy atom. The molecular formula is C22H30N2O4. The molecule has 0 bridgehead atoms. The number of likely N-dealkylation sites (tertiary alicyclic amines) is 2. The van der Waals surface area contributed by atoms with Crippen molar-refractivity contribution >= 4 is 17.8 Å². The van der Waals surface area contributed by atoms with Gasteiger partial charge in [-0.1, -0.05) is 37.3 Å². The van der Waals surface area contributed by atoms with Gasteiger partial charge >= 0.3 is 5.97 Å². The largest absolute Gasteiger partial charge is 0.481 e. The van der Waals surface area contributed by atoms with Crippen molar-refractivity contribution in [1.29, 1.82) is 0 Å². The van der Waals surface area contributed by atoms with E-state index in [1.165, 1.54) is 0 Å². The number of carbonyl (C=O) groups is 3. The first-order chi connectivity index (χ1) is 13.5. The second-order valence-electron chi connectivity index (χ2n) is 8.01. The number of carbonyl (C=O) groups excluding carboxylic acids is 2. The third kappa shape index (κ3) is 4.05. The van der Waals surface area contributed by atoms with E-state index in [1.807, 2.05) is 47.1 Å². The zero-order valence-corrected chi connectivity index (χ0v) is 16.6. The Bertz CT molecular complexity index is 711. The average molecular weight is 386 g/mol. The van der Waals surface area contributed by atoms with Crippen molar-refractivity contribution in [2.75, 3.05) is 26.2 Å². The summed E-state index contributed by atoms with van der Waals surface area (Å²) in [4.78, 5) is 41.0. The number of benzene rings is 1. The van der Waals surface area contributed by atoms with Crippen LogP contribution in [-0.2, 0) is 19.8 Å². The fourth-order valence-electron chi connectivity index (χ4n) is 4.53. The van der Waals surface area contributed by atoms with Gasteiger partial charge in [0.25, 0.3) is 0 Å². The minimum absolute atomic E-state index is 0.0704. The van der Waals surface area contributed by atoms with Crippen LogP contribution in [0.3, 0.4) is 0 Å². The van der Waals surface area contributed by atoms with Gasteiger partial charge in [-0.25, -0.2) is 0 Å². The first-order valence-corrected chi connectivity index (χ1v) is 10.3. The molecule has 2 aliphatic rings. The molecule has 2 fully saturated rings. The second-order valence-corrected chi connectivity index (χ2v) is 8.01. The van der Waals surface area contributed by atoms with Gasteiger partial charge in [-0.05, 0) is 37.7 Å². The van der Waals surface area contributed by atoms with Crippen LogP contribution in [0, 0.1) is 5.92 Å². The fraction of sp³-hybridized carbons (Fsp3) is 0.591. The first-order valence-electron chi connectivity index (χ1n) is 10.3. The molecule has 6 heteroatoms. The third-order valence-corrected chi connectivity index (χ3v) is 6.25. The number of aliphatic carboxylic acids is 1. The Morgan fingerprint density at radius 3 is 2.36 bits per heavy atom. The van der Waals surface area contributed by atoms with E-state index in [0.717, 1.165) is 31.4 Å². The molecule has 2 saturated heterocycles. The number of nitrogens with zero attached hydrogens (tertiary/aromatic N) is 2. The lowest BCUT2D eigenvalue weighted by molar-refractivity contribution is -0.150. The van der Waals surface area contributed by atoms with E-state index < -0.39 is 11.4 Å². The number of hydrogen-bond acceptors (Lipinski definition) is 3. The van der Waals surface area contributed by atoms with Crippen LogP contribution in [0.2, 0.25) is 0 Å². The Balaban J connectivity index is 1.64. The van der Waals surface area contributed by atoms with E-state index in [9.17, 15) is 19.5 Å². The zero-order valence-electron chi connectivity index (χ0n) is 16.6. The second kappa shape index (κ2) is 8.76. The molecule has 2 amide bonds. The van der Waals surface area contributed by atoms with Gasteiger partial charge in [-0.2, -0.15) is 0 Å². The Morgan fingerprint density at radius 1 is 1.07 bits per heavy atom. The number of carboxylic acid groups (broad SMARTS) is 1. The van der Waals surface area contributed by atoms with Crippen molar-refractivity contribution in [3.63, 3.8) is 0 Å². The zero-order chi connectivity index (χ0) is 20.1. The van der Waals surface area contributed by atoms with Crippen molar-refractivity contribution in [2.45, 2.75) is 50.9 Å². The summed E-state index contributed by atoms with van der Waals surface area (Å²) in [5.74, 6) is -0.780. The molecule has 3 rings (SSSR count). The summed E-state index contributed by atoms with van der Waals surface area (Å²) < 4.78 is 0. The molecule has 28 heavy (non-hydrogen) atoms. The highest BCUT2D eigenvalue weighted by molar-refractivity contribution is 5.84. The average Bonchev–Trinajstić information content (AvgIpc) is 2.74. The summed E-state index contributed by atoms with van der Waals surface area (Å²) in [7, 11) is 0. The predicted molar refractivity (Wildman–Crippen MR) is 106 cm³/mol. The SMILES string of the molecule is CCCC(=O)N1CCCC(C(=O)N2CCC(C(=O)O)(c3ccccc3)CC2)C1. The van der Waals surface area contributed by atoms with Crippen LogP contribution < -0.4 is 0 Å². The third-order valence-electron chi connectivity index (χ3n) is 6.25. The Kier molecular flexibility index (Phi) is 6.37. The topological polar surface area (TPSA) is 77.9 Å². The van der Waals surface area contributed by atoms with Gasteiger partial charge in [-0.15, -0.1) is 0 Å². The van der Waals surface area contributed by atoms with Crippen LogP contribution in [0.5, 0.6) is 0 Å². The van der Waals surface area contributed by atoms with Crippen LogP contribution in [0.4, 0.5) is 0 Å². The maximum absolute atomic E-state index is 13.0. The molecule has 0 aromatic heterocycles. The lowest BCUT2D eigenvalue weighted by Crippen LogP contribution is -2.52. The van der Waals surface area contributed by atoms with Gasteiger partial charge in [0.2, 0.25) is 11.8 Å². The fourth-order valence-corrected chi connectivity index (χ4v) is 4.53. The highest BCUT2D eigenvalue weighted by Gasteiger charge is 2.44. The summed E-state index contributed by atoms with van der Waals surface area (Å²) in [6.45, 7) is 4.11. The number of carboxylic acids is 1. The van der Waals surface area contributed by atoms with Gasteiger partial charge in [0.15, 0.2) is 0 Å². The molecule has 0 radical (unpaired) electrons. The normalized spacial score (nSPS) is 22.0. The van der Waals surface area contributed by atoms with Gasteiger partial charge < -0.3 is 14.9 Å². The van der Waals surface area contributed by atoms with Gasteiger partial charge in [0, 0.05) is 32.6 Å². The van der Waals surface area contributed by atoms with E-state index in [-0.39, 0.29) is 17.7 Å². The number of hydrogen-bond donors (Lipinski definition) is 1. The highest BCUT2D eigenvalue weighted by atomic mass is 16.4. The number of rotatable bonds is 5. The summed E-state index contributed by atoms with van der Waals surface area (Å²) in [5.41, 5.74) is -0.114. The van der Waals surface area contributed by atoms with Crippen LogP contribution in [-0.4, -0.2) is 58.9 Å². The summed E-state index contributed by atoms with van der Waals surface area (Å²) in [5, 5.41) is 9.91. The molecule has 1 N–H and O–H groups in total. The lowest BCUT2D eigenvalue weighted by atomic mass is 9.72. The predicted octanol–water partition coefficient (Wildman–Crippen LogP) is 2.67. The molecule has 0 saturated carbocycles. The summed E-state index contributed by atoms with van der Waals surface area (Å²) >= 11 is 0. The monoisotopic (exact) mass is 386 g/mol. The minimum Gasteiger partial charge on any atom is -0.481 e.